The van der Waals surface area contributed by atoms with Crippen LogP contribution in [0.3, 0.4) is 0 Å². The zero-order valence-electron chi connectivity index (χ0n) is 14.3. The van der Waals surface area contributed by atoms with Crippen molar-refractivity contribution in [3.05, 3.63) is 41.9 Å². The van der Waals surface area contributed by atoms with Crippen molar-refractivity contribution >= 4 is 10.0 Å². The van der Waals surface area contributed by atoms with Crippen molar-refractivity contribution < 1.29 is 22.3 Å². The van der Waals surface area contributed by atoms with Gasteiger partial charge in [-0.05, 0) is 36.6 Å². The summed E-state index contributed by atoms with van der Waals surface area (Å²) in [6, 6.07) is 8.50. The van der Waals surface area contributed by atoms with Crippen molar-refractivity contribution in [3.8, 4) is 11.5 Å². The van der Waals surface area contributed by atoms with Crippen LogP contribution in [0.4, 0.5) is 0 Å². The van der Waals surface area contributed by atoms with Gasteiger partial charge in [0.05, 0.1) is 11.4 Å². The first kappa shape index (κ1) is 16.5. The van der Waals surface area contributed by atoms with E-state index < -0.39 is 10.0 Å². The first-order chi connectivity index (χ1) is 11.9. The van der Waals surface area contributed by atoms with Crippen molar-refractivity contribution in [2.24, 2.45) is 5.92 Å². The van der Waals surface area contributed by atoms with Gasteiger partial charge in [0.15, 0.2) is 11.5 Å². The molecule has 2 aromatic rings. The third kappa shape index (κ3) is 3.14. The van der Waals surface area contributed by atoms with Crippen LogP contribution in [0.15, 0.2) is 39.6 Å². The molecule has 2 aliphatic rings. The largest absolute Gasteiger partial charge is 0.486 e. The van der Waals surface area contributed by atoms with Crippen LogP contribution < -0.4 is 9.47 Å². The van der Waals surface area contributed by atoms with Gasteiger partial charge in [0, 0.05) is 19.0 Å². The highest BCUT2D eigenvalue weighted by atomic mass is 32.2. The minimum Gasteiger partial charge on any atom is -0.486 e. The van der Waals surface area contributed by atoms with E-state index in [1.165, 1.54) is 10.4 Å². The van der Waals surface area contributed by atoms with Gasteiger partial charge in [-0.25, -0.2) is 8.42 Å². The number of ether oxygens (including phenoxy) is 2. The number of furan rings is 1. The lowest BCUT2D eigenvalue weighted by Crippen LogP contribution is -2.26. The number of hydrogen-bond donors (Lipinski definition) is 0. The Bertz CT molecular complexity index is 889. The molecule has 134 valence electrons. The van der Waals surface area contributed by atoms with Crippen LogP contribution in [0.5, 0.6) is 11.5 Å². The highest BCUT2D eigenvalue weighted by Gasteiger charge is 2.36. The van der Waals surface area contributed by atoms with Gasteiger partial charge in [0.2, 0.25) is 10.0 Å². The molecule has 0 saturated heterocycles. The highest BCUT2D eigenvalue weighted by Crippen LogP contribution is 2.47. The summed E-state index contributed by atoms with van der Waals surface area (Å²) in [5, 5.41) is 0. The average molecular weight is 363 g/mol. The van der Waals surface area contributed by atoms with Crippen molar-refractivity contribution in [1.82, 2.24) is 4.31 Å². The van der Waals surface area contributed by atoms with Crippen molar-refractivity contribution in [3.63, 3.8) is 0 Å². The molecule has 0 amide bonds. The summed E-state index contributed by atoms with van der Waals surface area (Å²) in [7, 11) is -2.09. The van der Waals surface area contributed by atoms with Crippen LogP contribution in [0.1, 0.15) is 30.8 Å². The first-order valence-electron chi connectivity index (χ1n) is 8.40. The number of hydrogen-bond acceptors (Lipinski definition) is 5. The summed E-state index contributed by atoms with van der Waals surface area (Å²) in [4.78, 5) is 0.182. The molecule has 25 heavy (non-hydrogen) atoms. The molecule has 2 heterocycles. The molecule has 6 nitrogen and oxygen atoms in total. The molecule has 0 unspecified atom stereocenters. The number of fused-ring (bicyclic) bond motifs is 1. The second-order valence-electron chi connectivity index (χ2n) is 6.69. The van der Waals surface area contributed by atoms with Gasteiger partial charge in [-0.2, -0.15) is 4.31 Å². The summed E-state index contributed by atoms with van der Waals surface area (Å²) < 4.78 is 43.7. The van der Waals surface area contributed by atoms with Crippen molar-refractivity contribution in [2.45, 2.75) is 30.7 Å². The van der Waals surface area contributed by atoms with E-state index in [4.69, 9.17) is 13.9 Å². The van der Waals surface area contributed by atoms with E-state index in [1.807, 2.05) is 12.1 Å². The van der Waals surface area contributed by atoms with Gasteiger partial charge in [0.1, 0.15) is 24.7 Å². The summed E-state index contributed by atoms with van der Waals surface area (Å²) in [6.45, 7) is 3.27. The first-order valence-corrected chi connectivity index (χ1v) is 9.84. The molecular weight excluding hydrogens is 342 g/mol. The molecule has 0 radical (unpaired) electrons. The molecule has 2 atom stereocenters. The van der Waals surface area contributed by atoms with E-state index in [9.17, 15) is 8.42 Å². The zero-order valence-corrected chi connectivity index (χ0v) is 15.1. The second kappa shape index (κ2) is 6.07. The maximum Gasteiger partial charge on any atom is 0.243 e. The van der Waals surface area contributed by atoms with Crippen LogP contribution in [-0.2, 0) is 16.6 Å². The van der Waals surface area contributed by atoms with Crippen LogP contribution in [-0.4, -0.2) is 33.0 Å². The van der Waals surface area contributed by atoms with Gasteiger partial charge in [-0.1, -0.05) is 6.92 Å². The number of rotatable bonds is 5. The molecular formula is C18H21NO5S. The Balaban J connectivity index is 1.52. The minimum absolute atomic E-state index is 0.182. The number of sulfonamides is 1. The fourth-order valence-electron chi connectivity index (χ4n) is 3.07. The van der Waals surface area contributed by atoms with Gasteiger partial charge in [-0.15, -0.1) is 0 Å². The molecule has 0 bridgehead atoms. The van der Waals surface area contributed by atoms with E-state index in [1.54, 1.807) is 19.2 Å². The molecule has 0 N–H and O–H groups in total. The lowest BCUT2D eigenvalue weighted by atomic mass is 10.3. The Morgan fingerprint density at radius 3 is 2.56 bits per heavy atom. The third-order valence-electron chi connectivity index (χ3n) is 4.76. The summed E-state index contributed by atoms with van der Waals surface area (Å²) in [5.74, 6) is 3.77. The smallest absolute Gasteiger partial charge is 0.243 e. The number of benzene rings is 1. The molecule has 4 rings (SSSR count). The molecule has 1 aromatic carbocycles. The maximum absolute atomic E-state index is 12.8. The molecule has 1 aliphatic heterocycles. The van der Waals surface area contributed by atoms with Gasteiger partial charge in [-0.3, -0.25) is 0 Å². The molecule has 1 saturated carbocycles. The number of nitrogens with zero attached hydrogens (tertiary/aromatic N) is 1. The van der Waals surface area contributed by atoms with Gasteiger partial charge in [0.25, 0.3) is 0 Å². The van der Waals surface area contributed by atoms with E-state index >= 15 is 0 Å². The summed E-state index contributed by atoms with van der Waals surface area (Å²) in [6.07, 6.45) is 1.14. The van der Waals surface area contributed by atoms with Crippen LogP contribution in [0, 0.1) is 5.92 Å². The Hall–Kier alpha value is -1.99. The lowest BCUT2D eigenvalue weighted by Gasteiger charge is -2.20. The molecule has 1 aliphatic carbocycles. The Kier molecular flexibility index (Phi) is 4.00. The Labute approximate surface area is 147 Å². The van der Waals surface area contributed by atoms with E-state index in [-0.39, 0.29) is 11.4 Å². The summed E-state index contributed by atoms with van der Waals surface area (Å²) in [5.41, 5.74) is 0. The maximum atomic E-state index is 12.8. The normalized spacial score (nSPS) is 22.2. The second-order valence-corrected chi connectivity index (χ2v) is 8.73. The van der Waals surface area contributed by atoms with Crippen molar-refractivity contribution in [1.29, 1.82) is 0 Å². The molecule has 1 aromatic heterocycles. The van der Waals surface area contributed by atoms with Crippen LogP contribution >= 0.6 is 0 Å². The molecule has 1 fully saturated rings. The van der Waals surface area contributed by atoms with Crippen LogP contribution in [0.2, 0.25) is 0 Å². The Morgan fingerprint density at radius 2 is 1.84 bits per heavy atom. The average Bonchev–Trinajstić information content (AvgIpc) is 3.15. The van der Waals surface area contributed by atoms with Crippen LogP contribution in [0.25, 0.3) is 0 Å². The predicted molar refractivity (Wildman–Crippen MR) is 91.3 cm³/mol. The quantitative estimate of drug-likeness (QED) is 0.817. The van der Waals surface area contributed by atoms with Gasteiger partial charge >= 0.3 is 0 Å². The zero-order chi connectivity index (χ0) is 17.6. The predicted octanol–water partition coefficient (Wildman–Crippen LogP) is 2.99. The minimum atomic E-state index is -3.64. The van der Waals surface area contributed by atoms with E-state index in [0.29, 0.717) is 42.3 Å². The standard InChI is InChI=1S/C18H21NO5S/c1-12-9-15(12)16-5-3-13(24-16)11-19(2)25(20,21)14-4-6-17-18(10-14)23-8-7-22-17/h3-6,10,12,15H,7-9,11H2,1-2H3/t12-,15-/m1/s1. The van der Waals surface area contributed by atoms with Crippen molar-refractivity contribution in [2.75, 3.05) is 20.3 Å². The van der Waals surface area contributed by atoms with Gasteiger partial charge < -0.3 is 13.9 Å². The highest BCUT2D eigenvalue weighted by molar-refractivity contribution is 7.89. The third-order valence-corrected chi connectivity index (χ3v) is 6.56. The van der Waals surface area contributed by atoms with E-state index in [0.717, 1.165) is 12.2 Å². The SMILES string of the molecule is C[C@@H]1C[C@H]1c1ccc(CN(C)S(=O)(=O)c2ccc3c(c2)OCCO3)o1. The topological polar surface area (TPSA) is 69.0 Å². The summed E-state index contributed by atoms with van der Waals surface area (Å²) >= 11 is 0. The fourth-order valence-corrected chi connectivity index (χ4v) is 4.22. The lowest BCUT2D eigenvalue weighted by molar-refractivity contribution is 0.171. The molecule has 0 spiro atoms. The monoisotopic (exact) mass is 363 g/mol. The fraction of sp³-hybridized carbons (Fsp3) is 0.444. The molecule has 7 heteroatoms. The Morgan fingerprint density at radius 1 is 1.12 bits per heavy atom. The van der Waals surface area contributed by atoms with E-state index in [2.05, 4.69) is 6.92 Å².